The van der Waals surface area contributed by atoms with E-state index in [1.807, 2.05) is 136 Å². The van der Waals surface area contributed by atoms with Crippen molar-refractivity contribution in [1.29, 1.82) is 0 Å². The van der Waals surface area contributed by atoms with Crippen molar-refractivity contribution in [2.75, 3.05) is 11.5 Å². The van der Waals surface area contributed by atoms with Crippen molar-refractivity contribution >= 4 is 234 Å². The van der Waals surface area contributed by atoms with Gasteiger partial charge in [-0.2, -0.15) is 0 Å². The maximum atomic E-state index is 11.3. The van der Waals surface area contributed by atoms with E-state index < -0.39 is 41.0 Å². The summed E-state index contributed by atoms with van der Waals surface area (Å²) in [5, 5.41) is 14.4. The second kappa shape index (κ2) is 22.5. The average Bonchev–Trinajstić information content (AvgIpc) is 2.90. The summed E-state index contributed by atoms with van der Waals surface area (Å²) in [7, 11) is -1.36. The van der Waals surface area contributed by atoms with Crippen LogP contribution in [0.2, 0.25) is 25.2 Å². The van der Waals surface area contributed by atoms with Crippen molar-refractivity contribution in [3.05, 3.63) is 43.7 Å². The molecule has 0 saturated heterocycles. The summed E-state index contributed by atoms with van der Waals surface area (Å²) in [5.41, 5.74) is 13.2. The van der Waals surface area contributed by atoms with E-state index in [0.717, 1.165) is 24.9 Å². The Morgan fingerprint density at radius 3 is 0.915 bits per heavy atom. The molecule has 0 aliphatic rings. The van der Waals surface area contributed by atoms with E-state index in [1.54, 1.807) is 0 Å². The van der Waals surface area contributed by atoms with E-state index in [-0.39, 0.29) is 35.1 Å². The number of nitrogen functional groups attached to an aromatic ring is 2. The highest BCUT2D eigenvalue weighted by Crippen LogP contribution is 2.36. The molecule has 0 spiro atoms. The molecule has 260 valence electrons. The smallest absolute Gasteiger partial charge is 0.303 e. The first kappa shape index (κ1) is 48.4. The summed E-state index contributed by atoms with van der Waals surface area (Å²) >= 11 is 33.2. The highest BCUT2D eigenvalue weighted by molar-refractivity contribution is 14.1. The molecule has 0 fully saturated rings. The van der Waals surface area contributed by atoms with Gasteiger partial charge in [0.1, 0.15) is 0 Å². The van der Waals surface area contributed by atoms with Gasteiger partial charge < -0.3 is 21.7 Å². The van der Waals surface area contributed by atoms with Crippen molar-refractivity contribution in [2.24, 2.45) is 0 Å². The lowest BCUT2D eigenvalue weighted by Crippen LogP contribution is -2.25. The van der Waals surface area contributed by atoms with Gasteiger partial charge in [0.05, 0.1) is 47.9 Å². The lowest BCUT2D eigenvalue weighted by molar-refractivity contribution is -0.138. The second-order valence-corrected chi connectivity index (χ2v) is 23.1. The minimum Gasteiger partial charge on any atom is -0.481 e. The number of carboxylic acids is 2. The predicted octanol–water partition coefficient (Wildman–Crippen LogP) is 10.1. The lowest BCUT2D eigenvalue weighted by atomic mass is 10.1. The fourth-order valence-corrected chi connectivity index (χ4v) is 16.5. The van der Waals surface area contributed by atoms with Crippen LogP contribution in [0.3, 0.4) is 0 Å². The molecule has 2 aromatic rings. The fourth-order valence-electron chi connectivity index (χ4n) is 3.62. The number of hydrogen-bond acceptors (Lipinski definition) is 8. The van der Waals surface area contributed by atoms with Crippen LogP contribution in [0.1, 0.15) is 67.1 Å². The number of nitrogens with two attached hydrogens (primary N) is 2. The molecule has 2 rings (SSSR count). The third-order valence-corrected chi connectivity index (χ3v) is 16.8. The van der Waals surface area contributed by atoms with Gasteiger partial charge in [-0.1, -0.05) is 25.2 Å². The fraction of sp³-hybridized carbons (Fsp3) is 0.308. The largest absolute Gasteiger partial charge is 0.481 e. The Morgan fingerprint density at radius 1 is 0.532 bits per heavy atom. The lowest BCUT2D eigenvalue weighted by Gasteiger charge is -2.21. The molecule has 0 aromatic heterocycles. The van der Waals surface area contributed by atoms with E-state index >= 15 is 0 Å². The molecule has 0 aliphatic heterocycles. The SMILES string of the molecule is C[Si](C)(CCCC(=O)O)CCCC(=O)O.Nc1c(I)c(C(=O)Cl)c(I)c(C(=O)Cl)c1I.Nc1c(I)c(C(=O)Cl)c(I)c(C(=O)Cl)c1I. The maximum Gasteiger partial charge on any atom is 0.303 e. The Kier molecular flexibility index (Phi) is 23.2. The van der Waals surface area contributed by atoms with Crippen LogP contribution in [0.5, 0.6) is 0 Å². The molecule has 10 nitrogen and oxygen atoms in total. The molecule has 0 unspecified atom stereocenters. The number of carbonyl (C=O) groups excluding carboxylic acids is 4. The molecule has 47 heavy (non-hydrogen) atoms. The summed E-state index contributed by atoms with van der Waals surface area (Å²) < 4.78 is 3.00. The average molecular weight is 1420 g/mol. The van der Waals surface area contributed by atoms with Gasteiger partial charge in [-0.25, -0.2) is 0 Å². The van der Waals surface area contributed by atoms with Gasteiger partial charge in [-0.05, 0) is 195 Å². The van der Waals surface area contributed by atoms with E-state index in [9.17, 15) is 28.8 Å². The molecule has 21 heteroatoms. The molecular weight excluding hydrogens is 1400 g/mol. The molecule has 2 aromatic carbocycles. The van der Waals surface area contributed by atoms with Crippen molar-refractivity contribution in [3.63, 3.8) is 0 Å². The normalized spacial score (nSPS) is 10.6. The monoisotopic (exact) mass is 1420 g/mol. The number of aliphatic carboxylic acids is 2. The zero-order chi connectivity index (χ0) is 37.1. The van der Waals surface area contributed by atoms with Crippen molar-refractivity contribution in [3.8, 4) is 0 Å². The molecule has 0 heterocycles. The summed E-state index contributed by atoms with van der Waals surface area (Å²) in [6, 6.07) is 1.94. The highest BCUT2D eigenvalue weighted by atomic mass is 127. The number of anilines is 2. The molecule has 0 atom stereocenters. The number of hydrogen-bond donors (Lipinski definition) is 4. The molecule has 0 saturated carbocycles. The van der Waals surface area contributed by atoms with Gasteiger partial charge in [0.25, 0.3) is 21.0 Å². The molecule has 0 radical (unpaired) electrons. The zero-order valence-corrected chi connectivity index (χ0v) is 41.0. The summed E-state index contributed by atoms with van der Waals surface area (Å²) in [5.74, 6) is -1.49. The third-order valence-electron chi connectivity index (χ3n) is 5.98. The Morgan fingerprint density at radius 2 is 0.745 bits per heavy atom. The maximum absolute atomic E-state index is 11.3. The highest BCUT2D eigenvalue weighted by Gasteiger charge is 2.26. The first-order valence-electron chi connectivity index (χ1n) is 12.6. The van der Waals surface area contributed by atoms with Crippen LogP contribution in [0.4, 0.5) is 11.4 Å². The van der Waals surface area contributed by atoms with Gasteiger partial charge in [0.15, 0.2) is 0 Å². The molecule has 0 amide bonds. The predicted molar refractivity (Wildman–Crippen MR) is 240 cm³/mol. The topological polar surface area (TPSA) is 195 Å². The third kappa shape index (κ3) is 15.5. The summed E-state index contributed by atoms with van der Waals surface area (Å²) in [6.45, 7) is 4.38. The van der Waals surface area contributed by atoms with Gasteiger partial charge in [-0.3, -0.25) is 28.8 Å². The molecule has 0 bridgehead atoms. The standard InChI is InChI=1S/C10H20O4Si.2C8H2Cl2I3NO2/c1-15(2,7-3-5-9(11)12)8-4-6-10(13)14;2*9-7(15)1-3(11)2(8(10)16)5(13)6(14)4(1)12/h3-8H2,1-2H3,(H,11,12)(H,13,14);2*14H2. The first-order valence-corrected chi connectivity index (χ1v) is 24.0. The van der Waals surface area contributed by atoms with Gasteiger partial charge in [-0.15, -0.1) is 0 Å². The number of carbonyl (C=O) groups is 6. The van der Waals surface area contributed by atoms with Crippen LogP contribution in [0, 0.1) is 21.4 Å². The van der Waals surface area contributed by atoms with Crippen LogP contribution in [-0.4, -0.2) is 51.2 Å². The number of carboxylic acid groups (broad SMARTS) is 2. The van der Waals surface area contributed by atoms with E-state index in [1.165, 1.54) is 0 Å². The summed E-state index contributed by atoms with van der Waals surface area (Å²) in [4.78, 5) is 65.7. The Bertz CT molecular complexity index is 1400. The van der Waals surface area contributed by atoms with Crippen molar-refractivity contribution in [1.82, 2.24) is 0 Å². The number of benzene rings is 2. The second-order valence-electron chi connectivity index (χ2n) is 9.96. The van der Waals surface area contributed by atoms with Crippen molar-refractivity contribution in [2.45, 2.75) is 50.9 Å². The van der Waals surface area contributed by atoms with Crippen LogP contribution < -0.4 is 11.5 Å². The van der Waals surface area contributed by atoms with E-state index in [0.29, 0.717) is 32.8 Å². The first-order chi connectivity index (χ1) is 21.4. The van der Waals surface area contributed by atoms with Crippen LogP contribution >= 0.6 is 182 Å². The van der Waals surface area contributed by atoms with Crippen LogP contribution in [0.15, 0.2) is 0 Å². The Balaban J connectivity index is 0.000000676. The minimum absolute atomic E-state index is 0.227. The Labute approximate surface area is 373 Å². The van der Waals surface area contributed by atoms with Gasteiger partial charge >= 0.3 is 11.9 Å². The molecular formula is C26H24Cl4I6N2O8Si. The quantitative estimate of drug-likeness (QED) is 0.0688. The molecule has 6 N–H and O–H groups in total. The molecule has 0 aliphatic carbocycles. The van der Waals surface area contributed by atoms with Gasteiger partial charge in [0, 0.05) is 28.1 Å². The van der Waals surface area contributed by atoms with E-state index in [4.69, 9.17) is 68.1 Å². The van der Waals surface area contributed by atoms with E-state index in [2.05, 4.69) is 13.1 Å². The van der Waals surface area contributed by atoms with Gasteiger partial charge in [0.2, 0.25) is 0 Å². The summed E-state index contributed by atoms with van der Waals surface area (Å²) in [6.07, 6.45) is 1.91. The van der Waals surface area contributed by atoms with Crippen molar-refractivity contribution < 1.29 is 39.0 Å². The van der Waals surface area contributed by atoms with Crippen LogP contribution in [-0.2, 0) is 9.59 Å². The minimum atomic E-state index is -1.36. The number of halogens is 10. The Hall–Kier alpha value is 1.42. The number of rotatable bonds is 12. The zero-order valence-electron chi connectivity index (χ0n) is 24.0. The van der Waals surface area contributed by atoms with Crippen LogP contribution in [0.25, 0.3) is 0 Å².